The summed E-state index contributed by atoms with van der Waals surface area (Å²) in [5.74, 6) is 0.325. The van der Waals surface area contributed by atoms with Crippen molar-refractivity contribution in [3.8, 4) is 5.75 Å². The van der Waals surface area contributed by atoms with Crippen molar-refractivity contribution in [2.24, 2.45) is 0 Å². The molecule has 0 spiro atoms. The Labute approximate surface area is 142 Å². The third-order valence-corrected chi connectivity index (χ3v) is 6.00. The van der Waals surface area contributed by atoms with Gasteiger partial charge >= 0.3 is 0 Å². The summed E-state index contributed by atoms with van der Waals surface area (Å²) in [7, 11) is -3.18. The molecule has 1 heterocycles. The molecular weight excluding hydrogens is 326 g/mol. The van der Waals surface area contributed by atoms with Crippen molar-refractivity contribution in [2.75, 3.05) is 30.3 Å². The lowest BCUT2D eigenvalue weighted by Gasteiger charge is -2.34. The molecule has 0 saturated carbocycles. The molecule has 3 rings (SSSR count). The zero-order valence-electron chi connectivity index (χ0n) is 13.6. The van der Waals surface area contributed by atoms with Crippen LogP contribution in [0.3, 0.4) is 0 Å². The number of nitrogens with zero attached hydrogens (tertiary/aromatic N) is 1. The van der Waals surface area contributed by atoms with Gasteiger partial charge in [0.2, 0.25) is 0 Å². The lowest BCUT2D eigenvalue weighted by Crippen LogP contribution is -2.38. The van der Waals surface area contributed by atoms with Crippen molar-refractivity contribution in [1.82, 2.24) is 0 Å². The third-order valence-electron chi connectivity index (χ3n) is 4.25. The molecular formula is C18H21NO4S. The van der Waals surface area contributed by atoms with Crippen LogP contribution in [0.2, 0.25) is 0 Å². The van der Waals surface area contributed by atoms with Gasteiger partial charge < -0.3 is 14.7 Å². The molecule has 1 N–H and O–H groups in total. The summed E-state index contributed by atoms with van der Waals surface area (Å²) in [4.78, 5) is 2.52. The Balaban J connectivity index is 1.77. The Hall–Kier alpha value is -2.05. The Morgan fingerprint density at radius 3 is 2.62 bits per heavy atom. The Morgan fingerprint density at radius 1 is 1.21 bits per heavy atom. The smallest absolute Gasteiger partial charge is 0.178 e. The average Bonchev–Trinajstić information content (AvgIpc) is 2.62. The molecule has 1 saturated heterocycles. The number of anilines is 1. The molecule has 0 bridgehead atoms. The first kappa shape index (κ1) is 16.8. The first-order valence-corrected chi connectivity index (χ1v) is 9.63. The van der Waals surface area contributed by atoms with E-state index in [-0.39, 0.29) is 17.6 Å². The van der Waals surface area contributed by atoms with Gasteiger partial charge in [0.25, 0.3) is 0 Å². The van der Waals surface area contributed by atoms with E-state index < -0.39 is 9.84 Å². The fourth-order valence-electron chi connectivity index (χ4n) is 2.84. The van der Waals surface area contributed by atoms with Crippen LogP contribution in [0.5, 0.6) is 5.75 Å². The molecule has 128 valence electrons. The minimum Gasteiger partial charge on any atom is -0.508 e. The first-order valence-electron chi connectivity index (χ1n) is 7.98. The Bertz CT molecular complexity index is 802. The highest BCUT2D eigenvalue weighted by atomic mass is 32.2. The highest BCUT2D eigenvalue weighted by Gasteiger charge is 2.23. The SMILES string of the molecule is CCS(=O)(=O)c1ccc(N2CCO[C@@H](c3cccc(O)c3)C2)cc1. The molecule has 2 aromatic rings. The van der Waals surface area contributed by atoms with Crippen LogP contribution in [-0.2, 0) is 14.6 Å². The maximum Gasteiger partial charge on any atom is 0.178 e. The number of phenols is 1. The standard InChI is InChI=1S/C18H21NO4S/c1-2-24(21,22)17-8-6-15(7-9-17)19-10-11-23-18(13-19)14-4-3-5-16(20)12-14/h3-9,12,18,20H,2,10-11,13H2,1H3/t18-/m1/s1. The van der Waals surface area contributed by atoms with Crippen LogP contribution in [0.1, 0.15) is 18.6 Å². The van der Waals surface area contributed by atoms with E-state index in [1.807, 2.05) is 18.2 Å². The quantitative estimate of drug-likeness (QED) is 0.921. The summed E-state index contributed by atoms with van der Waals surface area (Å²) in [5.41, 5.74) is 1.91. The topological polar surface area (TPSA) is 66.8 Å². The normalized spacial score (nSPS) is 18.5. The predicted octanol–water partition coefficient (Wildman–Crippen LogP) is 2.76. The van der Waals surface area contributed by atoms with Gasteiger partial charge in [-0.2, -0.15) is 0 Å². The number of aromatic hydroxyl groups is 1. The van der Waals surface area contributed by atoms with Crippen LogP contribution in [0.4, 0.5) is 5.69 Å². The maximum absolute atomic E-state index is 11.9. The minimum absolute atomic E-state index is 0.101. The van der Waals surface area contributed by atoms with Gasteiger partial charge in [0.15, 0.2) is 9.84 Å². The lowest BCUT2D eigenvalue weighted by atomic mass is 10.1. The van der Waals surface area contributed by atoms with E-state index in [1.54, 1.807) is 37.3 Å². The third kappa shape index (κ3) is 3.55. The molecule has 0 radical (unpaired) electrons. The zero-order valence-corrected chi connectivity index (χ0v) is 14.4. The number of phenolic OH excluding ortho intramolecular Hbond substituents is 1. The second kappa shape index (κ2) is 6.83. The maximum atomic E-state index is 11.9. The van der Waals surface area contributed by atoms with Gasteiger partial charge in [-0.05, 0) is 42.0 Å². The summed E-state index contributed by atoms with van der Waals surface area (Å²) in [6.07, 6.45) is -0.120. The number of sulfone groups is 1. The lowest BCUT2D eigenvalue weighted by molar-refractivity contribution is 0.0397. The minimum atomic E-state index is -3.18. The molecule has 0 unspecified atom stereocenters. The Morgan fingerprint density at radius 2 is 1.96 bits per heavy atom. The van der Waals surface area contributed by atoms with Gasteiger partial charge in [0, 0.05) is 18.8 Å². The van der Waals surface area contributed by atoms with E-state index >= 15 is 0 Å². The molecule has 1 fully saturated rings. The number of hydrogen-bond acceptors (Lipinski definition) is 5. The van der Waals surface area contributed by atoms with E-state index in [2.05, 4.69) is 4.90 Å². The number of morpholine rings is 1. The van der Waals surface area contributed by atoms with Gasteiger partial charge in [0.05, 0.1) is 17.3 Å². The van der Waals surface area contributed by atoms with Crippen LogP contribution in [0.25, 0.3) is 0 Å². The summed E-state index contributed by atoms with van der Waals surface area (Å²) in [5, 5.41) is 9.63. The van der Waals surface area contributed by atoms with Crippen LogP contribution < -0.4 is 4.90 Å². The monoisotopic (exact) mass is 347 g/mol. The molecule has 5 nitrogen and oxygen atoms in total. The van der Waals surface area contributed by atoms with Crippen LogP contribution in [0.15, 0.2) is 53.4 Å². The zero-order chi connectivity index (χ0) is 17.2. The summed E-state index contributed by atoms with van der Waals surface area (Å²) < 4.78 is 29.6. The molecule has 2 aromatic carbocycles. The van der Waals surface area contributed by atoms with E-state index in [4.69, 9.17) is 4.74 Å². The number of benzene rings is 2. The average molecular weight is 347 g/mol. The molecule has 0 amide bonds. The van der Waals surface area contributed by atoms with Crippen molar-refractivity contribution in [1.29, 1.82) is 0 Å². The van der Waals surface area contributed by atoms with Crippen LogP contribution >= 0.6 is 0 Å². The van der Waals surface area contributed by atoms with Gasteiger partial charge in [-0.1, -0.05) is 19.1 Å². The summed E-state index contributed by atoms with van der Waals surface area (Å²) >= 11 is 0. The van der Waals surface area contributed by atoms with Gasteiger partial charge in [0.1, 0.15) is 11.9 Å². The van der Waals surface area contributed by atoms with E-state index in [9.17, 15) is 13.5 Å². The van der Waals surface area contributed by atoms with Crippen LogP contribution in [-0.4, -0.2) is 39.0 Å². The summed E-state index contributed by atoms with van der Waals surface area (Å²) in [6, 6.07) is 14.1. The van der Waals surface area contributed by atoms with Crippen molar-refractivity contribution >= 4 is 15.5 Å². The van der Waals surface area contributed by atoms with Crippen molar-refractivity contribution in [2.45, 2.75) is 17.9 Å². The molecule has 0 aromatic heterocycles. The largest absolute Gasteiger partial charge is 0.508 e. The molecule has 6 heteroatoms. The fraction of sp³-hybridized carbons (Fsp3) is 0.333. The van der Waals surface area contributed by atoms with Gasteiger partial charge in [-0.25, -0.2) is 8.42 Å². The molecule has 1 aliphatic heterocycles. The molecule has 1 atom stereocenters. The van der Waals surface area contributed by atoms with E-state index in [1.165, 1.54) is 0 Å². The fourth-order valence-corrected chi connectivity index (χ4v) is 3.73. The highest BCUT2D eigenvalue weighted by Crippen LogP contribution is 2.28. The molecule has 1 aliphatic rings. The second-order valence-corrected chi connectivity index (χ2v) is 8.08. The predicted molar refractivity (Wildman–Crippen MR) is 93.2 cm³/mol. The van der Waals surface area contributed by atoms with E-state index in [0.29, 0.717) is 18.0 Å². The van der Waals surface area contributed by atoms with Gasteiger partial charge in [-0.15, -0.1) is 0 Å². The Kier molecular flexibility index (Phi) is 4.78. The first-order chi connectivity index (χ1) is 11.5. The number of ether oxygens (including phenoxy) is 1. The highest BCUT2D eigenvalue weighted by molar-refractivity contribution is 7.91. The summed E-state index contributed by atoms with van der Waals surface area (Å²) in [6.45, 7) is 3.62. The van der Waals surface area contributed by atoms with Gasteiger partial charge in [-0.3, -0.25) is 0 Å². The number of hydrogen-bond donors (Lipinski definition) is 1. The van der Waals surface area contributed by atoms with Crippen molar-refractivity contribution in [3.63, 3.8) is 0 Å². The van der Waals surface area contributed by atoms with E-state index in [0.717, 1.165) is 17.8 Å². The molecule has 0 aliphatic carbocycles. The number of rotatable bonds is 4. The second-order valence-electron chi connectivity index (χ2n) is 5.80. The molecule has 24 heavy (non-hydrogen) atoms. The van der Waals surface area contributed by atoms with Crippen molar-refractivity contribution < 1.29 is 18.3 Å². The van der Waals surface area contributed by atoms with Crippen molar-refractivity contribution in [3.05, 3.63) is 54.1 Å². The van der Waals surface area contributed by atoms with Crippen LogP contribution in [0, 0.1) is 0 Å².